The first kappa shape index (κ1) is 23.3. The molecule has 172 valence electrons. The van der Waals surface area contributed by atoms with Gasteiger partial charge in [-0.05, 0) is 104 Å². The van der Waals surface area contributed by atoms with Crippen LogP contribution in [0, 0.1) is 11.8 Å². The van der Waals surface area contributed by atoms with Gasteiger partial charge in [0.15, 0.2) is 0 Å². The first-order chi connectivity index (χ1) is 15.8. The molecule has 2 aromatic carbocycles. The normalized spacial score (nSPS) is 26.0. The largest absolute Gasteiger partial charge is 0.251 e. The van der Waals surface area contributed by atoms with Crippen molar-refractivity contribution in [2.24, 2.45) is 11.8 Å². The Balaban J connectivity index is 1.28. The van der Waals surface area contributed by atoms with Crippen LogP contribution in [0.2, 0.25) is 0 Å². The number of rotatable bonds is 9. The molecular formula is C31H41F. The number of unbranched alkanes of at least 4 members (excludes halogenated alkanes) is 2. The standard InChI is InChI=1S/C31H41F/c1-2-24-7-11-26(12-8-24)28-15-19-30(20-16-28)31-21-17-29(18-22-31)27-13-9-25(10-14-27)6-4-3-5-23-32/h2,15-22,24-27H,1,3-14,23H2. The van der Waals surface area contributed by atoms with E-state index >= 15 is 0 Å². The Labute approximate surface area is 195 Å². The lowest BCUT2D eigenvalue weighted by atomic mass is 9.77. The minimum Gasteiger partial charge on any atom is -0.251 e. The quantitative estimate of drug-likeness (QED) is 0.273. The van der Waals surface area contributed by atoms with Gasteiger partial charge in [0, 0.05) is 0 Å². The summed E-state index contributed by atoms with van der Waals surface area (Å²) >= 11 is 0. The minimum absolute atomic E-state index is 0.149. The molecule has 4 rings (SSSR count). The van der Waals surface area contributed by atoms with Gasteiger partial charge in [-0.15, -0.1) is 6.58 Å². The molecular weight excluding hydrogens is 391 g/mol. The van der Waals surface area contributed by atoms with Crippen LogP contribution in [0.25, 0.3) is 11.1 Å². The van der Waals surface area contributed by atoms with E-state index in [4.69, 9.17) is 0 Å². The van der Waals surface area contributed by atoms with Crippen molar-refractivity contribution in [2.45, 2.75) is 88.9 Å². The van der Waals surface area contributed by atoms with Gasteiger partial charge in [0.25, 0.3) is 0 Å². The summed E-state index contributed by atoms with van der Waals surface area (Å²) in [4.78, 5) is 0. The summed E-state index contributed by atoms with van der Waals surface area (Å²) in [5, 5.41) is 0. The molecule has 0 unspecified atom stereocenters. The van der Waals surface area contributed by atoms with Crippen molar-refractivity contribution >= 4 is 0 Å². The van der Waals surface area contributed by atoms with Gasteiger partial charge in [-0.3, -0.25) is 4.39 Å². The summed E-state index contributed by atoms with van der Waals surface area (Å²) in [6.07, 6.45) is 17.0. The van der Waals surface area contributed by atoms with Crippen molar-refractivity contribution in [3.8, 4) is 11.1 Å². The Morgan fingerprint density at radius 3 is 1.62 bits per heavy atom. The first-order valence-electron chi connectivity index (χ1n) is 13.2. The Morgan fingerprint density at radius 1 is 0.656 bits per heavy atom. The fourth-order valence-corrected chi connectivity index (χ4v) is 6.07. The second kappa shape index (κ2) is 11.8. The average Bonchev–Trinajstić information content (AvgIpc) is 2.87. The van der Waals surface area contributed by atoms with Gasteiger partial charge in [0.05, 0.1) is 6.67 Å². The monoisotopic (exact) mass is 432 g/mol. The van der Waals surface area contributed by atoms with Crippen molar-refractivity contribution in [3.05, 3.63) is 72.3 Å². The van der Waals surface area contributed by atoms with Crippen LogP contribution in [0.3, 0.4) is 0 Å². The lowest BCUT2D eigenvalue weighted by Crippen LogP contribution is -2.13. The van der Waals surface area contributed by atoms with Crippen LogP contribution in [0.5, 0.6) is 0 Å². The van der Waals surface area contributed by atoms with Gasteiger partial charge in [-0.25, -0.2) is 0 Å². The van der Waals surface area contributed by atoms with E-state index in [1.54, 1.807) is 0 Å². The molecule has 0 spiro atoms. The molecule has 2 saturated carbocycles. The van der Waals surface area contributed by atoms with Gasteiger partial charge in [-0.1, -0.05) is 73.9 Å². The molecule has 2 aliphatic rings. The third-order valence-corrected chi connectivity index (χ3v) is 8.30. The fraction of sp³-hybridized carbons (Fsp3) is 0.548. The van der Waals surface area contributed by atoms with Crippen LogP contribution in [0.15, 0.2) is 61.2 Å². The van der Waals surface area contributed by atoms with Crippen LogP contribution >= 0.6 is 0 Å². The maximum Gasteiger partial charge on any atom is 0.0894 e. The van der Waals surface area contributed by atoms with E-state index in [1.807, 2.05) is 0 Å². The molecule has 0 amide bonds. The van der Waals surface area contributed by atoms with Gasteiger partial charge in [0.2, 0.25) is 0 Å². The topological polar surface area (TPSA) is 0 Å². The van der Waals surface area contributed by atoms with Crippen molar-refractivity contribution in [1.29, 1.82) is 0 Å². The summed E-state index contributed by atoms with van der Waals surface area (Å²) in [5.41, 5.74) is 5.68. The van der Waals surface area contributed by atoms with Gasteiger partial charge >= 0.3 is 0 Å². The molecule has 32 heavy (non-hydrogen) atoms. The summed E-state index contributed by atoms with van der Waals surface area (Å²) in [6, 6.07) is 18.7. The summed E-state index contributed by atoms with van der Waals surface area (Å²) in [6.45, 7) is 3.82. The van der Waals surface area contributed by atoms with Crippen molar-refractivity contribution < 1.29 is 4.39 Å². The van der Waals surface area contributed by atoms with Crippen LogP contribution in [0.1, 0.15) is 100 Å². The highest BCUT2D eigenvalue weighted by Crippen LogP contribution is 2.39. The van der Waals surface area contributed by atoms with Crippen molar-refractivity contribution in [1.82, 2.24) is 0 Å². The molecule has 0 N–H and O–H groups in total. The number of allylic oxidation sites excluding steroid dienone is 1. The lowest BCUT2D eigenvalue weighted by molar-refractivity contribution is 0.300. The maximum atomic E-state index is 12.2. The van der Waals surface area contributed by atoms with Gasteiger partial charge in [-0.2, -0.15) is 0 Å². The number of hydrogen-bond acceptors (Lipinski definition) is 0. The van der Waals surface area contributed by atoms with E-state index in [0.717, 1.165) is 36.5 Å². The second-order valence-corrected chi connectivity index (χ2v) is 10.3. The molecule has 0 atom stereocenters. The Hall–Kier alpha value is -1.89. The highest BCUT2D eigenvalue weighted by molar-refractivity contribution is 5.64. The molecule has 0 heterocycles. The number of benzene rings is 2. The molecule has 0 bridgehead atoms. The molecule has 1 heteroatoms. The average molecular weight is 433 g/mol. The molecule has 2 fully saturated rings. The zero-order valence-electron chi connectivity index (χ0n) is 19.8. The maximum absolute atomic E-state index is 12.2. The van der Waals surface area contributed by atoms with E-state index in [0.29, 0.717) is 0 Å². The van der Waals surface area contributed by atoms with E-state index in [-0.39, 0.29) is 6.67 Å². The van der Waals surface area contributed by atoms with Crippen LogP contribution in [0.4, 0.5) is 4.39 Å². The van der Waals surface area contributed by atoms with Crippen molar-refractivity contribution in [2.75, 3.05) is 6.67 Å². The van der Waals surface area contributed by atoms with Crippen molar-refractivity contribution in [3.63, 3.8) is 0 Å². The number of hydrogen-bond donors (Lipinski definition) is 0. The molecule has 2 aromatic rings. The third-order valence-electron chi connectivity index (χ3n) is 8.30. The minimum atomic E-state index is -0.149. The number of halogens is 1. The highest BCUT2D eigenvalue weighted by Gasteiger charge is 2.22. The van der Waals surface area contributed by atoms with Gasteiger partial charge < -0.3 is 0 Å². The number of alkyl halides is 1. The predicted octanol–water partition coefficient (Wildman–Crippen LogP) is 9.62. The highest BCUT2D eigenvalue weighted by atomic mass is 19.1. The Morgan fingerprint density at radius 2 is 1.16 bits per heavy atom. The second-order valence-electron chi connectivity index (χ2n) is 10.3. The third kappa shape index (κ3) is 6.12. The summed E-state index contributed by atoms with van der Waals surface area (Å²) < 4.78 is 12.2. The smallest absolute Gasteiger partial charge is 0.0894 e. The zero-order chi connectivity index (χ0) is 22.2. The zero-order valence-corrected chi connectivity index (χ0v) is 19.8. The van der Waals surface area contributed by atoms with Crippen LogP contribution in [-0.2, 0) is 0 Å². The molecule has 0 aliphatic heterocycles. The predicted molar refractivity (Wildman–Crippen MR) is 136 cm³/mol. The Bertz CT molecular complexity index is 803. The molecule has 0 nitrogen and oxygen atoms in total. The van der Waals surface area contributed by atoms with Crippen LogP contribution < -0.4 is 0 Å². The fourth-order valence-electron chi connectivity index (χ4n) is 6.07. The molecule has 0 radical (unpaired) electrons. The molecule has 2 aliphatic carbocycles. The van der Waals surface area contributed by atoms with E-state index in [9.17, 15) is 4.39 Å². The first-order valence-corrected chi connectivity index (χ1v) is 13.2. The van der Waals surface area contributed by atoms with E-state index in [2.05, 4.69) is 61.2 Å². The van der Waals surface area contributed by atoms with E-state index in [1.165, 1.54) is 86.5 Å². The Kier molecular flexibility index (Phi) is 8.60. The molecule has 0 aromatic heterocycles. The van der Waals surface area contributed by atoms with Crippen LogP contribution in [-0.4, -0.2) is 6.67 Å². The SMILES string of the molecule is C=CC1CCC(c2ccc(-c3ccc(C4CCC(CCCCCF)CC4)cc3)cc2)CC1. The van der Waals surface area contributed by atoms with E-state index < -0.39 is 0 Å². The van der Waals surface area contributed by atoms with Gasteiger partial charge in [0.1, 0.15) is 0 Å². The summed E-state index contributed by atoms with van der Waals surface area (Å²) in [7, 11) is 0. The molecule has 0 saturated heterocycles. The summed E-state index contributed by atoms with van der Waals surface area (Å²) in [5.74, 6) is 3.04. The lowest BCUT2D eigenvalue weighted by Gasteiger charge is -2.29.